The van der Waals surface area contributed by atoms with Crippen LogP contribution in [0.25, 0.3) is 0 Å². The molecule has 86 valence electrons. The number of aryl methyl sites for hydroxylation is 1. The second-order valence-electron chi connectivity index (χ2n) is 4.30. The van der Waals surface area contributed by atoms with Gasteiger partial charge in [-0.15, -0.1) is 0 Å². The third-order valence-electron chi connectivity index (χ3n) is 2.86. The standard InChI is InChI=1S/C14H24Se/c1-2-3-4-5-6-7-8-9-11-14-12-10-13-15-14/h10,12-13H,2-9,11H2,1H3. The molecular weight excluding hydrogens is 247 g/mol. The summed E-state index contributed by atoms with van der Waals surface area (Å²) in [6.07, 6.45) is 12.9. The first-order valence-electron chi connectivity index (χ1n) is 6.46. The van der Waals surface area contributed by atoms with Crippen LogP contribution in [0.5, 0.6) is 0 Å². The van der Waals surface area contributed by atoms with Crippen LogP contribution in [0.2, 0.25) is 0 Å². The Labute approximate surface area is 101 Å². The molecule has 0 aliphatic heterocycles. The van der Waals surface area contributed by atoms with Gasteiger partial charge >= 0.3 is 101 Å². The molecule has 1 rings (SSSR count). The molecule has 0 saturated carbocycles. The van der Waals surface area contributed by atoms with Gasteiger partial charge in [0.1, 0.15) is 0 Å². The van der Waals surface area contributed by atoms with Gasteiger partial charge in [0, 0.05) is 0 Å². The number of rotatable bonds is 9. The molecule has 0 radical (unpaired) electrons. The normalized spacial score (nSPS) is 10.7. The molecular formula is C14H24Se. The summed E-state index contributed by atoms with van der Waals surface area (Å²) in [4.78, 5) is 2.33. The van der Waals surface area contributed by atoms with Crippen LogP contribution in [-0.4, -0.2) is 14.5 Å². The summed E-state index contributed by atoms with van der Waals surface area (Å²) in [6.45, 7) is 2.28. The van der Waals surface area contributed by atoms with E-state index in [1.54, 1.807) is 4.44 Å². The molecule has 0 saturated heterocycles. The van der Waals surface area contributed by atoms with Crippen molar-refractivity contribution in [1.29, 1.82) is 0 Å². The third-order valence-corrected chi connectivity index (χ3v) is 4.82. The second kappa shape index (κ2) is 9.24. The predicted octanol–water partition coefficient (Wildman–Crippen LogP) is 4.43. The van der Waals surface area contributed by atoms with E-state index in [4.69, 9.17) is 0 Å². The van der Waals surface area contributed by atoms with Gasteiger partial charge in [0.15, 0.2) is 0 Å². The monoisotopic (exact) mass is 272 g/mol. The van der Waals surface area contributed by atoms with Crippen LogP contribution in [0.1, 0.15) is 62.7 Å². The van der Waals surface area contributed by atoms with Crippen molar-refractivity contribution in [3.8, 4) is 0 Å². The summed E-state index contributed by atoms with van der Waals surface area (Å²) < 4.78 is 1.70. The molecule has 0 N–H and O–H groups in total. The topological polar surface area (TPSA) is 0 Å². The molecule has 0 fully saturated rings. The zero-order chi connectivity index (χ0) is 10.8. The quantitative estimate of drug-likeness (QED) is 0.460. The SMILES string of the molecule is CCCCCCCCCCc1ccc[se]1. The van der Waals surface area contributed by atoms with E-state index in [9.17, 15) is 0 Å². The molecule has 1 heterocycles. The van der Waals surface area contributed by atoms with Gasteiger partial charge in [-0.2, -0.15) is 0 Å². The molecule has 1 heteroatoms. The van der Waals surface area contributed by atoms with Gasteiger partial charge in [-0.05, 0) is 0 Å². The molecule has 0 aromatic carbocycles. The van der Waals surface area contributed by atoms with Crippen LogP contribution in [0.4, 0.5) is 0 Å². The van der Waals surface area contributed by atoms with Crippen LogP contribution >= 0.6 is 0 Å². The van der Waals surface area contributed by atoms with E-state index in [0.29, 0.717) is 14.5 Å². The first-order valence-corrected chi connectivity index (χ1v) is 8.30. The zero-order valence-corrected chi connectivity index (χ0v) is 11.7. The van der Waals surface area contributed by atoms with Crippen LogP contribution < -0.4 is 0 Å². The fraction of sp³-hybridized carbons (Fsp3) is 0.714. The Balaban J connectivity index is 1.81. The van der Waals surface area contributed by atoms with E-state index in [2.05, 4.69) is 24.0 Å². The Kier molecular flexibility index (Phi) is 8.05. The molecule has 0 unspecified atom stereocenters. The predicted molar refractivity (Wildman–Crippen MR) is 69.7 cm³/mol. The van der Waals surface area contributed by atoms with Gasteiger partial charge in [0.2, 0.25) is 0 Å². The first-order chi connectivity index (χ1) is 7.43. The van der Waals surface area contributed by atoms with Crippen molar-refractivity contribution < 1.29 is 0 Å². The van der Waals surface area contributed by atoms with Crippen molar-refractivity contribution in [2.75, 3.05) is 0 Å². The van der Waals surface area contributed by atoms with Crippen molar-refractivity contribution in [3.63, 3.8) is 0 Å². The van der Waals surface area contributed by atoms with Gasteiger partial charge in [0.25, 0.3) is 0 Å². The molecule has 1 aromatic heterocycles. The minimum absolute atomic E-state index is 0.709. The van der Waals surface area contributed by atoms with Gasteiger partial charge < -0.3 is 0 Å². The summed E-state index contributed by atoms with van der Waals surface area (Å²) in [5.74, 6) is 0. The maximum absolute atomic E-state index is 2.33. The summed E-state index contributed by atoms with van der Waals surface area (Å²) in [5, 5.41) is 0. The Morgan fingerprint density at radius 2 is 1.60 bits per heavy atom. The first kappa shape index (κ1) is 13.1. The van der Waals surface area contributed by atoms with E-state index in [-0.39, 0.29) is 0 Å². The maximum atomic E-state index is 2.33. The average Bonchev–Trinajstić information content (AvgIpc) is 2.75. The molecule has 0 spiro atoms. The molecule has 0 bridgehead atoms. The van der Waals surface area contributed by atoms with E-state index >= 15 is 0 Å². The number of hydrogen-bond donors (Lipinski definition) is 0. The van der Waals surface area contributed by atoms with E-state index in [1.165, 1.54) is 57.8 Å². The summed E-state index contributed by atoms with van der Waals surface area (Å²) in [7, 11) is 0. The van der Waals surface area contributed by atoms with Crippen molar-refractivity contribution in [1.82, 2.24) is 0 Å². The second-order valence-corrected chi connectivity index (χ2v) is 6.47. The summed E-state index contributed by atoms with van der Waals surface area (Å²) in [5.41, 5.74) is 0. The van der Waals surface area contributed by atoms with E-state index in [0.717, 1.165) is 0 Å². The average molecular weight is 271 g/mol. The van der Waals surface area contributed by atoms with Gasteiger partial charge in [-0.1, -0.05) is 0 Å². The Morgan fingerprint density at radius 3 is 2.20 bits per heavy atom. The molecule has 0 aliphatic carbocycles. The van der Waals surface area contributed by atoms with Crippen molar-refractivity contribution in [2.45, 2.75) is 64.7 Å². The summed E-state index contributed by atoms with van der Waals surface area (Å²) >= 11 is 0.709. The fourth-order valence-electron chi connectivity index (χ4n) is 1.89. The van der Waals surface area contributed by atoms with E-state index in [1.807, 2.05) is 0 Å². The van der Waals surface area contributed by atoms with E-state index < -0.39 is 0 Å². The number of unbranched alkanes of at least 4 members (excludes halogenated alkanes) is 7. The Hall–Kier alpha value is -0.000519. The van der Waals surface area contributed by atoms with Crippen LogP contribution in [-0.2, 0) is 6.42 Å². The van der Waals surface area contributed by atoms with Crippen LogP contribution in [0, 0.1) is 0 Å². The van der Waals surface area contributed by atoms with Gasteiger partial charge in [-0.25, -0.2) is 0 Å². The Bertz CT molecular complexity index is 213. The van der Waals surface area contributed by atoms with Gasteiger partial charge in [0.05, 0.1) is 0 Å². The third kappa shape index (κ3) is 6.98. The fourth-order valence-corrected chi connectivity index (χ4v) is 3.46. The molecule has 1 aromatic rings. The zero-order valence-electron chi connectivity index (χ0n) is 10.0. The molecule has 0 aliphatic rings. The van der Waals surface area contributed by atoms with Crippen LogP contribution in [0.15, 0.2) is 17.1 Å². The van der Waals surface area contributed by atoms with Gasteiger partial charge in [-0.3, -0.25) is 0 Å². The molecule has 0 nitrogen and oxygen atoms in total. The molecule has 0 amide bonds. The Morgan fingerprint density at radius 1 is 0.933 bits per heavy atom. The van der Waals surface area contributed by atoms with Crippen molar-refractivity contribution >= 4 is 14.5 Å². The number of hydrogen-bond acceptors (Lipinski definition) is 0. The van der Waals surface area contributed by atoms with Crippen molar-refractivity contribution in [2.24, 2.45) is 0 Å². The molecule has 15 heavy (non-hydrogen) atoms. The van der Waals surface area contributed by atoms with Crippen LogP contribution in [0.3, 0.4) is 0 Å². The minimum atomic E-state index is 0.709. The van der Waals surface area contributed by atoms with Crippen molar-refractivity contribution in [3.05, 3.63) is 21.5 Å². The summed E-state index contributed by atoms with van der Waals surface area (Å²) in [6, 6.07) is 4.54. The molecule has 0 atom stereocenters.